The number of aromatic nitrogens is 3. The third kappa shape index (κ3) is 5.69. The Hall–Kier alpha value is -2.95. The van der Waals surface area contributed by atoms with Crippen LogP contribution in [0.4, 0.5) is 19.1 Å². The van der Waals surface area contributed by atoms with Crippen molar-refractivity contribution in [3.8, 4) is 11.3 Å². The first-order valence-electron chi connectivity index (χ1n) is 12.9. The largest absolute Gasteiger partial charge is 0.419 e. The van der Waals surface area contributed by atoms with Gasteiger partial charge in [-0.3, -0.25) is 4.79 Å². The van der Waals surface area contributed by atoms with Crippen LogP contribution in [0.5, 0.6) is 0 Å². The van der Waals surface area contributed by atoms with Crippen LogP contribution in [0, 0.1) is 0 Å². The molecule has 3 aromatic rings. The standard InChI is InChI=1S/C26H32F3N6O3P/c1-35-9-11-38-10-8-30-24(36)18-7-6-17-19(13-31-22(17)23(18)39(2,3)37)21-20(26(27,28)29)14-32-25(34-21)33-15-4-5-16(35)12-15/h6-7,13-16,31H,4-5,8-12H2,1-3H3,(H,30,36)(H,32,33,34)/t15-,16-/m0/s1. The smallest absolute Gasteiger partial charge is 0.378 e. The van der Waals surface area contributed by atoms with E-state index in [-0.39, 0.29) is 40.7 Å². The maximum Gasteiger partial charge on any atom is 0.419 e. The lowest BCUT2D eigenvalue weighted by Gasteiger charge is -2.24. The van der Waals surface area contributed by atoms with Gasteiger partial charge in [0, 0.05) is 53.8 Å². The average molecular weight is 565 g/mol. The predicted octanol–water partition coefficient (Wildman–Crippen LogP) is 3.92. The summed E-state index contributed by atoms with van der Waals surface area (Å²) in [5.41, 5.74) is -0.513. The minimum atomic E-state index is -4.69. The Morgan fingerprint density at radius 1 is 1.15 bits per heavy atom. The van der Waals surface area contributed by atoms with Gasteiger partial charge in [0.2, 0.25) is 5.95 Å². The number of fused-ring (bicyclic) bond motifs is 8. The number of anilines is 1. The Kier molecular flexibility index (Phi) is 7.47. The molecule has 210 valence electrons. The van der Waals surface area contributed by atoms with Gasteiger partial charge in [0.1, 0.15) is 12.7 Å². The zero-order valence-corrected chi connectivity index (χ0v) is 23.0. The third-order valence-corrected chi connectivity index (χ3v) is 8.98. The highest BCUT2D eigenvalue weighted by Gasteiger charge is 2.37. The second-order valence-corrected chi connectivity index (χ2v) is 13.7. The predicted molar refractivity (Wildman–Crippen MR) is 144 cm³/mol. The quantitative estimate of drug-likeness (QED) is 0.304. The van der Waals surface area contributed by atoms with E-state index in [9.17, 15) is 22.5 Å². The van der Waals surface area contributed by atoms with Gasteiger partial charge in [-0.2, -0.15) is 13.2 Å². The molecular weight excluding hydrogens is 532 g/mol. The number of alkyl halides is 3. The molecule has 6 rings (SSSR count). The SMILES string of the molecule is CN1CCOCCNC(=O)c2ccc3c(c[nH]c3c2P(C)(C)=O)-c2nc(ncc2C(F)(F)F)N[C@H]2CC[C@H]1C2. The molecule has 0 radical (unpaired) electrons. The summed E-state index contributed by atoms with van der Waals surface area (Å²) in [6.45, 7) is 4.84. The van der Waals surface area contributed by atoms with Crippen molar-refractivity contribution in [2.45, 2.75) is 37.5 Å². The molecular formula is C26H32F3N6O3P. The van der Waals surface area contributed by atoms with Gasteiger partial charge in [-0.25, -0.2) is 9.97 Å². The fraction of sp³-hybridized carbons (Fsp3) is 0.500. The first-order chi connectivity index (χ1) is 18.4. The number of amides is 1. The summed E-state index contributed by atoms with van der Waals surface area (Å²) in [5.74, 6) is -0.310. The monoisotopic (exact) mass is 564 g/mol. The Balaban J connectivity index is 1.65. The number of nitrogens with zero attached hydrogens (tertiary/aromatic N) is 3. The van der Waals surface area contributed by atoms with E-state index in [0.29, 0.717) is 36.7 Å². The Labute approximate surface area is 224 Å². The lowest BCUT2D eigenvalue weighted by Crippen LogP contribution is -2.35. The summed E-state index contributed by atoms with van der Waals surface area (Å²) in [6, 6.07) is 3.39. The molecule has 9 nitrogen and oxygen atoms in total. The maximum atomic E-state index is 14.1. The molecule has 3 aliphatic rings. The highest BCUT2D eigenvalue weighted by molar-refractivity contribution is 7.70. The number of ether oxygens (including phenoxy) is 1. The van der Waals surface area contributed by atoms with E-state index < -0.39 is 24.8 Å². The molecule has 1 aromatic carbocycles. The van der Waals surface area contributed by atoms with Crippen LogP contribution in [0.15, 0.2) is 24.5 Å². The van der Waals surface area contributed by atoms with E-state index >= 15 is 0 Å². The van der Waals surface area contributed by atoms with Gasteiger partial charge in [0.25, 0.3) is 5.91 Å². The van der Waals surface area contributed by atoms with Gasteiger partial charge in [-0.15, -0.1) is 0 Å². The minimum absolute atomic E-state index is 0.0203. The molecule has 1 fully saturated rings. The zero-order chi connectivity index (χ0) is 27.9. The van der Waals surface area contributed by atoms with E-state index in [0.717, 1.165) is 25.5 Å². The normalized spacial score (nSPS) is 21.7. The lowest BCUT2D eigenvalue weighted by molar-refractivity contribution is -0.137. The lowest BCUT2D eigenvalue weighted by atomic mass is 10.0. The van der Waals surface area contributed by atoms with E-state index in [1.54, 1.807) is 6.07 Å². The highest BCUT2D eigenvalue weighted by Crippen LogP contribution is 2.43. The summed E-state index contributed by atoms with van der Waals surface area (Å²) in [6.07, 6.45) is 0.0976. The summed E-state index contributed by atoms with van der Waals surface area (Å²) >= 11 is 0. The van der Waals surface area contributed by atoms with Gasteiger partial charge >= 0.3 is 6.18 Å². The number of halogens is 3. The number of carbonyl (C=O) groups excluding carboxylic acids is 1. The van der Waals surface area contributed by atoms with Crippen molar-refractivity contribution in [1.82, 2.24) is 25.2 Å². The fourth-order valence-corrected chi connectivity index (χ4v) is 6.96. The molecule has 0 unspecified atom stereocenters. The van der Waals surface area contributed by atoms with Gasteiger partial charge in [-0.05, 0) is 45.7 Å². The molecule has 0 saturated heterocycles. The number of nitrogens with one attached hydrogen (secondary N) is 3. The van der Waals surface area contributed by atoms with Crippen molar-refractivity contribution in [1.29, 1.82) is 0 Å². The zero-order valence-electron chi connectivity index (χ0n) is 22.1. The molecule has 1 saturated carbocycles. The van der Waals surface area contributed by atoms with Crippen molar-refractivity contribution in [3.63, 3.8) is 0 Å². The number of benzene rings is 1. The number of hydrogen-bond donors (Lipinski definition) is 3. The number of aromatic amines is 1. The van der Waals surface area contributed by atoms with Crippen LogP contribution in [-0.2, 0) is 15.5 Å². The molecule has 3 N–H and O–H groups in total. The van der Waals surface area contributed by atoms with Crippen molar-refractivity contribution in [2.75, 3.05) is 52.0 Å². The minimum Gasteiger partial charge on any atom is -0.378 e. The van der Waals surface area contributed by atoms with Crippen molar-refractivity contribution in [2.24, 2.45) is 0 Å². The number of rotatable bonds is 1. The van der Waals surface area contributed by atoms with Crippen LogP contribution in [0.3, 0.4) is 0 Å². The summed E-state index contributed by atoms with van der Waals surface area (Å²) in [5, 5.41) is 6.71. The molecule has 1 amide bonds. The van der Waals surface area contributed by atoms with Crippen LogP contribution in [0.1, 0.15) is 35.2 Å². The maximum absolute atomic E-state index is 14.1. The van der Waals surface area contributed by atoms with Gasteiger partial charge in [0.15, 0.2) is 0 Å². The second kappa shape index (κ2) is 10.6. The molecule has 39 heavy (non-hydrogen) atoms. The number of likely N-dealkylation sites (N-methyl/N-ethyl adjacent to an activating group) is 1. The van der Waals surface area contributed by atoms with Crippen LogP contribution in [-0.4, -0.2) is 84.5 Å². The van der Waals surface area contributed by atoms with Crippen LogP contribution < -0.4 is 15.9 Å². The molecule has 8 bridgehead atoms. The number of hydrogen-bond acceptors (Lipinski definition) is 7. The summed E-state index contributed by atoms with van der Waals surface area (Å²) < 4.78 is 61.4. The molecule has 2 aromatic heterocycles. The van der Waals surface area contributed by atoms with E-state index in [1.165, 1.54) is 25.6 Å². The van der Waals surface area contributed by atoms with Crippen molar-refractivity contribution in [3.05, 3.63) is 35.7 Å². The Bertz CT molecular complexity index is 1440. The van der Waals surface area contributed by atoms with Crippen LogP contribution in [0.2, 0.25) is 0 Å². The highest BCUT2D eigenvalue weighted by atomic mass is 31.2. The first-order valence-corrected chi connectivity index (χ1v) is 15.5. The van der Waals surface area contributed by atoms with Crippen molar-refractivity contribution < 1.29 is 27.3 Å². The molecule has 0 spiro atoms. The Morgan fingerprint density at radius 3 is 2.69 bits per heavy atom. The molecule has 2 atom stereocenters. The number of H-pyrrole nitrogens is 1. The molecule has 13 heteroatoms. The fourth-order valence-electron chi connectivity index (χ4n) is 5.48. The third-order valence-electron chi connectivity index (χ3n) is 7.44. The summed E-state index contributed by atoms with van der Waals surface area (Å²) in [7, 11) is -1.03. The van der Waals surface area contributed by atoms with Crippen molar-refractivity contribution >= 4 is 35.2 Å². The van der Waals surface area contributed by atoms with Crippen LogP contribution in [0.25, 0.3) is 22.2 Å². The molecule has 1 aliphatic carbocycles. The van der Waals surface area contributed by atoms with Gasteiger partial charge in [0.05, 0.1) is 30.0 Å². The van der Waals surface area contributed by atoms with Gasteiger partial charge in [-0.1, -0.05) is 6.07 Å². The topological polar surface area (TPSA) is 112 Å². The van der Waals surface area contributed by atoms with E-state index in [1.807, 2.05) is 7.05 Å². The van der Waals surface area contributed by atoms with E-state index in [2.05, 4.69) is 30.5 Å². The molecule has 2 aliphatic heterocycles. The molecule has 4 heterocycles. The second-order valence-electron chi connectivity index (χ2n) is 10.5. The number of carbonyl (C=O) groups is 1. The average Bonchev–Trinajstić information content (AvgIpc) is 3.50. The van der Waals surface area contributed by atoms with E-state index in [4.69, 9.17) is 4.74 Å². The summed E-state index contributed by atoms with van der Waals surface area (Å²) in [4.78, 5) is 26.7. The van der Waals surface area contributed by atoms with Gasteiger partial charge < -0.3 is 29.8 Å². The van der Waals surface area contributed by atoms with Crippen LogP contribution >= 0.6 is 7.14 Å². The Morgan fingerprint density at radius 2 is 1.95 bits per heavy atom. The first kappa shape index (κ1) is 27.6.